The Hall–Kier alpha value is -1.93. The molecule has 0 aliphatic carbocycles. The zero-order valence-electron chi connectivity index (χ0n) is 11.2. The van der Waals surface area contributed by atoms with Crippen LogP contribution >= 0.6 is 0 Å². The largest absolute Gasteiger partial charge is 0.481 e. The van der Waals surface area contributed by atoms with Crippen LogP contribution in [0.1, 0.15) is 22.3 Å². The van der Waals surface area contributed by atoms with Gasteiger partial charge in [-0.2, -0.15) is 0 Å². The molecule has 1 amide bonds. The third-order valence-corrected chi connectivity index (χ3v) is 4.68. The fraction of sp³-hybridized carbons (Fsp3) is 0.333. The van der Waals surface area contributed by atoms with Crippen molar-refractivity contribution in [1.82, 2.24) is 4.31 Å². The molecule has 0 radical (unpaired) electrons. The number of sulfonamides is 1. The highest BCUT2D eigenvalue weighted by Gasteiger charge is 2.22. The van der Waals surface area contributed by atoms with E-state index in [9.17, 15) is 18.0 Å². The highest BCUT2D eigenvalue weighted by atomic mass is 32.2. The van der Waals surface area contributed by atoms with E-state index in [1.165, 1.54) is 25.2 Å². The van der Waals surface area contributed by atoms with E-state index in [2.05, 4.69) is 0 Å². The summed E-state index contributed by atoms with van der Waals surface area (Å²) < 4.78 is 25.4. The Morgan fingerprint density at radius 1 is 1.35 bits per heavy atom. The standard InChI is InChI=1S/C12H16N2O5S/c1-8-3-4-9(7-10(8)12(13)17)20(18,19)14(2)6-5-11(15)16/h3-4,7H,5-6H2,1-2H3,(H2,13,17)(H,15,16). The van der Waals surface area contributed by atoms with Crippen LogP contribution in [-0.2, 0) is 14.8 Å². The van der Waals surface area contributed by atoms with Crippen LogP contribution in [0, 0.1) is 6.92 Å². The normalized spacial score (nSPS) is 11.6. The molecule has 0 aliphatic heterocycles. The second-order valence-corrected chi connectivity index (χ2v) is 6.36. The van der Waals surface area contributed by atoms with Crippen molar-refractivity contribution < 1.29 is 23.1 Å². The van der Waals surface area contributed by atoms with Crippen LogP contribution in [0.15, 0.2) is 23.1 Å². The molecule has 0 unspecified atom stereocenters. The minimum Gasteiger partial charge on any atom is -0.481 e. The molecule has 0 fully saturated rings. The molecule has 0 aliphatic rings. The quantitative estimate of drug-likeness (QED) is 0.777. The van der Waals surface area contributed by atoms with Crippen molar-refractivity contribution in [2.75, 3.05) is 13.6 Å². The van der Waals surface area contributed by atoms with E-state index in [1.807, 2.05) is 0 Å². The van der Waals surface area contributed by atoms with Crippen molar-refractivity contribution in [2.45, 2.75) is 18.2 Å². The van der Waals surface area contributed by atoms with Crippen molar-refractivity contribution in [2.24, 2.45) is 5.73 Å². The summed E-state index contributed by atoms with van der Waals surface area (Å²) in [5.41, 5.74) is 5.87. The smallest absolute Gasteiger partial charge is 0.304 e. The number of carbonyl (C=O) groups is 2. The first kappa shape index (κ1) is 16.1. The molecule has 7 nitrogen and oxygen atoms in total. The maximum atomic E-state index is 12.2. The molecule has 1 rings (SSSR count). The van der Waals surface area contributed by atoms with E-state index in [0.29, 0.717) is 5.56 Å². The summed E-state index contributed by atoms with van der Waals surface area (Å²) in [7, 11) is -2.57. The minimum atomic E-state index is -3.85. The van der Waals surface area contributed by atoms with Crippen molar-refractivity contribution >= 4 is 21.9 Å². The number of carboxylic acids is 1. The van der Waals surface area contributed by atoms with E-state index in [1.54, 1.807) is 6.92 Å². The number of carbonyl (C=O) groups excluding carboxylic acids is 1. The van der Waals surface area contributed by atoms with Gasteiger partial charge in [0.05, 0.1) is 11.3 Å². The topological polar surface area (TPSA) is 118 Å². The second kappa shape index (κ2) is 6.02. The first-order chi connectivity index (χ1) is 9.16. The predicted molar refractivity (Wildman–Crippen MR) is 71.8 cm³/mol. The lowest BCUT2D eigenvalue weighted by Gasteiger charge is -2.17. The SMILES string of the molecule is Cc1ccc(S(=O)(=O)N(C)CCC(=O)O)cc1C(N)=O. The van der Waals surface area contributed by atoms with Gasteiger partial charge in [-0.3, -0.25) is 9.59 Å². The number of hydrogen-bond donors (Lipinski definition) is 2. The lowest BCUT2D eigenvalue weighted by atomic mass is 10.1. The Bertz CT molecular complexity index is 639. The highest BCUT2D eigenvalue weighted by Crippen LogP contribution is 2.18. The number of nitrogens with zero attached hydrogens (tertiary/aromatic N) is 1. The predicted octanol–water partition coefficient (Wildman–Crippen LogP) is 0.189. The summed E-state index contributed by atoms with van der Waals surface area (Å²) in [6.07, 6.45) is -0.301. The summed E-state index contributed by atoms with van der Waals surface area (Å²) in [5.74, 6) is -1.80. The van der Waals surface area contributed by atoms with E-state index >= 15 is 0 Å². The lowest BCUT2D eigenvalue weighted by molar-refractivity contribution is -0.137. The van der Waals surface area contributed by atoms with Crippen LogP contribution < -0.4 is 5.73 Å². The highest BCUT2D eigenvalue weighted by molar-refractivity contribution is 7.89. The van der Waals surface area contributed by atoms with Gasteiger partial charge in [-0.25, -0.2) is 12.7 Å². The fourth-order valence-electron chi connectivity index (χ4n) is 1.58. The molecular formula is C12H16N2O5S. The molecule has 0 heterocycles. The molecule has 8 heteroatoms. The number of primary amides is 1. The van der Waals surface area contributed by atoms with Gasteiger partial charge in [0.1, 0.15) is 0 Å². The molecule has 1 aromatic carbocycles. The van der Waals surface area contributed by atoms with Gasteiger partial charge in [-0.1, -0.05) is 6.07 Å². The van der Waals surface area contributed by atoms with Gasteiger partial charge in [0, 0.05) is 19.2 Å². The molecule has 0 saturated carbocycles. The van der Waals surface area contributed by atoms with Crippen LogP contribution in [0.25, 0.3) is 0 Å². The van der Waals surface area contributed by atoms with Crippen molar-refractivity contribution in [3.8, 4) is 0 Å². The zero-order valence-corrected chi connectivity index (χ0v) is 12.0. The van der Waals surface area contributed by atoms with Crippen LogP contribution in [0.3, 0.4) is 0 Å². The molecule has 3 N–H and O–H groups in total. The average molecular weight is 300 g/mol. The lowest BCUT2D eigenvalue weighted by Crippen LogP contribution is -2.29. The van der Waals surface area contributed by atoms with E-state index < -0.39 is 21.9 Å². The van der Waals surface area contributed by atoms with Crippen LogP contribution in [-0.4, -0.2) is 43.3 Å². The van der Waals surface area contributed by atoms with Crippen LogP contribution in [0.2, 0.25) is 0 Å². The Kier molecular flexibility index (Phi) is 4.85. The number of hydrogen-bond acceptors (Lipinski definition) is 4. The number of benzene rings is 1. The first-order valence-electron chi connectivity index (χ1n) is 5.75. The van der Waals surface area contributed by atoms with Crippen molar-refractivity contribution in [3.05, 3.63) is 29.3 Å². The number of nitrogens with two attached hydrogens (primary N) is 1. The average Bonchev–Trinajstić information content (AvgIpc) is 2.35. The summed E-state index contributed by atoms with van der Waals surface area (Å²) in [6, 6.07) is 4.04. The Balaban J connectivity index is 3.12. The number of aliphatic carboxylic acids is 1. The molecule has 0 saturated heterocycles. The maximum absolute atomic E-state index is 12.2. The van der Waals surface area contributed by atoms with Crippen molar-refractivity contribution in [1.29, 1.82) is 0 Å². The molecule has 20 heavy (non-hydrogen) atoms. The summed E-state index contributed by atoms with van der Waals surface area (Å²) >= 11 is 0. The summed E-state index contributed by atoms with van der Waals surface area (Å²) in [6.45, 7) is 1.49. The van der Waals surface area contributed by atoms with E-state index in [4.69, 9.17) is 10.8 Å². The molecule has 0 atom stereocenters. The third kappa shape index (κ3) is 3.55. The molecule has 110 valence electrons. The molecule has 0 spiro atoms. The van der Waals surface area contributed by atoms with E-state index in [-0.39, 0.29) is 23.4 Å². The van der Waals surface area contributed by atoms with Gasteiger partial charge >= 0.3 is 5.97 Å². The van der Waals surface area contributed by atoms with Crippen LogP contribution in [0.4, 0.5) is 0 Å². The Morgan fingerprint density at radius 2 is 1.95 bits per heavy atom. The van der Waals surface area contributed by atoms with Gasteiger partial charge in [-0.15, -0.1) is 0 Å². The van der Waals surface area contributed by atoms with Gasteiger partial charge in [0.2, 0.25) is 15.9 Å². The zero-order chi connectivity index (χ0) is 15.5. The number of rotatable bonds is 6. The second-order valence-electron chi connectivity index (χ2n) is 4.31. The Morgan fingerprint density at radius 3 is 2.45 bits per heavy atom. The number of amides is 1. The number of carboxylic acid groups (broad SMARTS) is 1. The van der Waals surface area contributed by atoms with Crippen molar-refractivity contribution in [3.63, 3.8) is 0 Å². The third-order valence-electron chi connectivity index (χ3n) is 2.82. The molecule has 0 aromatic heterocycles. The van der Waals surface area contributed by atoms with Gasteiger partial charge in [0.25, 0.3) is 0 Å². The van der Waals surface area contributed by atoms with E-state index in [0.717, 1.165) is 4.31 Å². The van der Waals surface area contributed by atoms with Crippen LogP contribution in [0.5, 0.6) is 0 Å². The van der Waals surface area contributed by atoms with Gasteiger partial charge in [0.15, 0.2) is 0 Å². The maximum Gasteiger partial charge on any atom is 0.304 e. The monoisotopic (exact) mass is 300 g/mol. The fourth-order valence-corrected chi connectivity index (χ4v) is 2.78. The molecular weight excluding hydrogens is 284 g/mol. The molecule has 0 bridgehead atoms. The molecule has 1 aromatic rings. The Labute approximate surface area is 117 Å². The minimum absolute atomic E-state index is 0.0928. The van der Waals surface area contributed by atoms with Gasteiger partial charge < -0.3 is 10.8 Å². The first-order valence-corrected chi connectivity index (χ1v) is 7.19. The van der Waals surface area contributed by atoms with Gasteiger partial charge in [-0.05, 0) is 24.6 Å². The summed E-state index contributed by atoms with van der Waals surface area (Å²) in [5, 5.41) is 8.57. The summed E-state index contributed by atoms with van der Waals surface area (Å²) in [4.78, 5) is 21.6. The number of aryl methyl sites for hydroxylation is 1.